The zero-order valence-electron chi connectivity index (χ0n) is 15.4. The number of amides is 1. The van der Waals surface area contributed by atoms with E-state index in [4.69, 9.17) is 0 Å². The van der Waals surface area contributed by atoms with Gasteiger partial charge in [-0.3, -0.25) is 4.79 Å². The number of benzene rings is 2. The Hall–Kier alpha value is -3.21. The summed E-state index contributed by atoms with van der Waals surface area (Å²) in [5.74, 6) is 0.410. The van der Waals surface area contributed by atoms with E-state index in [1.165, 1.54) is 5.56 Å². The van der Waals surface area contributed by atoms with Crippen LogP contribution in [0.5, 0.6) is 0 Å². The van der Waals surface area contributed by atoms with Crippen LogP contribution in [0.15, 0.2) is 48.5 Å². The molecular weight excluding hydrogens is 324 g/mol. The van der Waals surface area contributed by atoms with E-state index in [1.54, 1.807) is 0 Å². The van der Waals surface area contributed by atoms with E-state index in [0.717, 1.165) is 22.6 Å². The van der Waals surface area contributed by atoms with Crippen molar-refractivity contribution in [2.45, 2.75) is 27.7 Å². The number of carbonyl (C=O) groups excluding carboxylic acids is 1. The zero-order chi connectivity index (χ0) is 18.7. The number of carbonyl (C=O) groups is 1. The summed E-state index contributed by atoms with van der Waals surface area (Å²) in [6.45, 7) is 7.89. The highest BCUT2D eigenvalue weighted by Crippen LogP contribution is 2.20. The molecule has 0 saturated carbocycles. The average molecular weight is 346 g/mol. The van der Waals surface area contributed by atoms with Crippen molar-refractivity contribution >= 4 is 23.2 Å². The van der Waals surface area contributed by atoms with Crippen LogP contribution in [0.4, 0.5) is 17.3 Å². The van der Waals surface area contributed by atoms with Crippen molar-refractivity contribution in [3.63, 3.8) is 0 Å². The molecule has 132 valence electrons. The van der Waals surface area contributed by atoms with Crippen molar-refractivity contribution in [3.05, 3.63) is 76.6 Å². The van der Waals surface area contributed by atoms with Gasteiger partial charge >= 0.3 is 0 Å². The smallest absolute Gasteiger partial charge is 0.255 e. The summed E-state index contributed by atoms with van der Waals surface area (Å²) in [5.41, 5.74) is 6.24. The van der Waals surface area contributed by atoms with Crippen LogP contribution in [0, 0.1) is 27.7 Å². The lowest BCUT2D eigenvalue weighted by molar-refractivity contribution is 0.102. The van der Waals surface area contributed by atoms with E-state index in [-0.39, 0.29) is 5.91 Å². The van der Waals surface area contributed by atoms with Crippen LogP contribution < -0.4 is 10.6 Å². The lowest BCUT2D eigenvalue weighted by Gasteiger charge is -2.10. The van der Waals surface area contributed by atoms with Crippen molar-refractivity contribution in [3.8, 4) is 0 Å². The third-order valence-corrected chi connectivity index (χ3v) is 4.13. The molecule has 1 amide bonds. The molecule has 0 bridgehead atoms. The molecule has 5 nitrogen and oxygen atoms in total. The van der Waals surface area contributed by atoms with Gasteiger partial charge in [0.15, 0.2) is 0 Å². The molecule has 0 spiro atoms. The Kier molecular flexibility index (Phi) is 4.98. The fourth-order valence-electron chi connectivity index (χ4n) is 2.67. The number of nitrogens with zero attached hydrogens (tertiary/aromatic N) is 2. The first-order chi connectivity index (χ1) is 12.4. The molecule has 0 fully saturated rings. The molecule has 0 aliphatic carbocycles. The second-order valence-corrected chi connectivity index (χ2v) is 6.43. The number of nitrogens with one attached hydrogen (secondary N) is 2. The molecule has 0 saturated heterocycles. The van der Waals surface area contributed by atoms with Crippen LogP contribution >= 0.6 is 0 Å². The number of anilines is 3. The minimum Gasteiger partial charge on any atom is -0.324 e. The van der Waals surface area contributed by atoms with Gasteiger partial charge in [0.25, 0.3) is 5.91 Å². The maximum Gasteiger partial charge on any atom is 0.255 e. The Labute approximate surface area is 153 Å². The predicted molar refractivity (Wildman–Crippen MR) is 105 cm³/mol. The van der Waals surface area contributed by atoms with Crippen LogP contribution in [-0.2, 0) is 0 Å². The summed E-state index contributed by atoms with van der Waals surface area (Å²) in [5, 5.41) is 6.12. The number of hydrogen-bond donors (Lipinski definition) is 2. The van der Waals surface area contributed by atoms with Crippen LogP contribution in [0.25, 0.3) is 0 Å². The Bertz CT molecular complexity index is 946. The number of hydrogen-bond acceptors (Lipinski definition) is 4. The van der Waals surface area contributed by atoms with Crippen molar-refractivity contribution in [1.29, 1.82) is 0 Å². The van der Waals surface area contributed by atoms with Gasteiger partial charge in [-0.2, -0.15) is 0 Å². The molecule has 0 radical (unpaired) electrons. The van der Waals surface area contributed by atoms with Crippen molar-refractivity contribution in [2.75, 3.05) is 10.6 Å². The maximum atomic E-state index is 12.5. The standard InChI is InChI=1S/C21H22N4O/c1-13-8-9-17(10-14(13)2)20(26)24-18-6-5-7-19(12-18)25-21-22-15(3)11-16(4)23-21/h5-12H,1-4H3,(H,24,26)(H,22,23,25). The van der Waals surface area contributed by atoms with Gasteiger partial charge in [-0.05, 0) is 75.2 Å². The van der Waals surface area contributed by atoms with Gasteiger partial charge in [-0.1, -0.05) is 12.1 Å². The van der Waals surface area contributed by atoms with Crippen molar-refractivity contribution < 1.29 is 4.79 Å². The fraction of sp³-hybridized carbons (Fsp3) is 0.190. The largest absolute Gasteiger partial charge is 0.324 e. The van der Waals surface area contributed by atoms with E-state index < -0.39 is 0 Å². The minimum atomic E-state index is -0.132. The van der Waals surface area contributed by atoms with Crippen molar-refractivity contribution in [2.24, 2.45) is 0 Å². The highest BCUT2D eigenvalue weighted by molar-refractivity contribution is 6.04. The number of aromatic nitrogens is 2. The molecule has 0 atom stereocenters. The normalized spacial score (nSPS) is 10.5. The van der Waals surface area contributed by atoms with E-state index in [0.29, 0.717) is 17.2 Å². The molecule has 26 heavy (non-hydrogen) atoms. The average Bonchev–Trinajstić information content (AvgIpc) is 2.56. The second kappa shape index (κ2) is 7.35. The van der Waals surface area contributed by atoms with E-state index in [2.05, 4.69) is 20.6 Å². The van der Waals surface area contributed by atoms with Crippen molar-refractivity contribution in [1.82, 2.24) is 9.97 Å². The van der Waals surface area contributed by atoms with Gasteiger partial charge in [0, 0.05) is 28.3 Å². The first-order valence-electron chi connectivity index (χ1n) is 8.49. The number of aryl methyl sites for hydroxylation is 4. The Morgan fingerprint density at radius 2 is 1.50 bits per heavy atom. The highest BCUT2D eigenvalue weighted by Gasteiger charge is 2.08. The van der Waals surface area contributed by atoms with Gasteiger partial charge in [-0.25, -0.2) is 9.97 Å². The molecule has 1 aromatic heterocycles. The van der Waals surface area contributed by atoms with E-state index in [9.17, 15) is 4.79 Å². The van der Waals surface area contributed by atoms with Gasteiger partial charge in [-0.15, -0.1) is 0 Å². The van der Waals surface area contributed by atoms with Crippen LogP contribution in [0.3, 0.4) is 0 Å². The Balaban J connectivity index is 1.76. The highest BCUT2D eigenvalue weighted by atomic mass is 16.1. The SMILES string of the molecule is Cc1cc(C)nc(Nc2cccc(NC(=O)c3ccc(C)c(C)c3)c2)n1. The van der Waals surface area contributed by atoms with Crippen LogP contribution in [0.2, 0.25) is 0 Å². The minimum absolute atomic E-state index is 0.132. The topological polar surface area (TPSA) is 66.9 Å². The third-order valence-electron chi connectivity index (χ3n) is 4.13. The van der Waals surface area contributed by atoms with Gasteiger partial charge < -0.3 is 10.6 Å². The molecule has 0 aliphatic heterocycles. The second-order valence-electron chi connectivity index (χ2n) is 6.43. The van der Waals surface area contributed by atoms with Gasteiger partial charge in [0.2, 0.25) is 5.95 Å². The predicted octanol–water partition coefficient (Wildman–Crippen LogP) is 4.71. The van der Waals surface area contributed by atoms with E-state index >= 15 is 0 Å². The summed E-state index contributed by atoms with van der Waals surface area (Å²) in [7, 11) is 0. The lowest BCUT2D eigenvalue weighted by Crippen LogP contribution is -2.12. The maximum absolute atomic E-state index is 12.5. The molecule has 0 aliphatic rings. The fourth-order valence-corrected chi connectivity index (χ4v) is 2.67. The summed E-state index contributed by atoms with van der Waals surface area (Å²) < 4.78 is 0. The monoisotopic (exact) mass is 346 g/mol. The molecule has 2 aromatic carbocycles. The molecular formula is C21H22N4O. The molecule has 3 aromatic rings. The quantitative estimate of drug-likeness (QED) is 0.718. The van der Waals surface area contributed by atoms with Gasteiger partial charge in [0.05, 0.1) is 0 Å². The molecule has 1 heterocycles. The number of rotatable bonds is 4. The summed E-state index contributed by atoms with van der Waals surface area (Å²) >= 11 is 0. The Morgan fingerprint density at radius 3 is 2.19 bits per heavy atom. The lowest BCUT2D eigenvalue weighted by atomic mass is 10.1. The summed E-state index contributed by atoms with van der Waals surface area (Å²) in [4.78, 5) is 21.2. The first-order valence-corrected chi connectivity index (χ1v) is 8.49. The van der Waals surface area contributed by atoms with Gasteiger partial charge in [0.1, 0.15) is 0 Å². The Morgan fingerprint density at radius 1 is 0.808 bits per heavy atom. The molecule has 0 unspecified atom stereocenters. The molecule has 3 rings (SSSR count). The first kappa shape index (κ1) is 17.6. The summed E-state index contributed by atoms with van der Waals surface area (Å²) in [6.07, 6.45) is 0. The van der Waals surface area contributed by atoms with Crippen LogP contribution in [-0.4, -0.2) is 15.9 Å². The zero-order valence-corrected chi connectivity index (χ0v) is 15.4. The summed E-state index contributed by atoms with van der Waals surface area (Å²) in [6, 6.07) is 15.1. The molecule has 5 heteroatoms. The third kappa shape index (κ3) is 4.25. The molecule has 2 N–H and O–H groups in total. The van der Waals surface area contributed by atoms with Crippen LogP contribution in [0.1, 0.15) is 32.9 Å². The van der Waals surface area contributed by atoms with E-state index in [1.807, 2.05) is 76.2 Å².